The average molecular weight is 275 g/mol. The highest BCUT2D eigenvalue weighted by atomic mass is 35.5. The second-order valence-electron chi connectivity index (χ2n) is 4.03. The lowest BCUT2D eigenvalue weighted by molar-refractivity contribution is 0.275. The molecule has 1 atom stereocenters. The van der Waals surface area contributed by atoms with Crippen molar-refractivity contribution >= 4 is 18.1 Å². The summed E-state index contributed by atoms with van der Waals surface area (Å²) in [6.07, 6.45) is 0.457. The lowest BCUT2D eigenvalue weighted by atomic mass is 10.0. The topological polar surface area (TPSA) is 69.7 Å². The molecular weight excluding hydrogens is 252 g/mol. The number of anilines is 1. The van der Waals surface area contributed by atoms with Crippen LogP contribution in [0.2, 0.25) is 0 Å². The Balaban J connectivity index is 0.00000289. The smallest absolute Gasteiger partial charge is 0.122 e. The number of aliphatic hydroxyl groups excluding tert-OH is 1. The molecule has 0 heterocycles. The minimum Gasteiger partial charge on any atom is -0.508 e. The Morgan fingerprint density at radius 2 is 1.89 bits per heavy atom. The first-order chi connectivity index (χ1) is 8.13. The van der Waals surface area contributed by atoms with Gasteiger partial charge in [0.1, 0.15) is 5.75 Å². The number of hydrogen-bond acceptors (Lipinski definition) is 4. The van der Waals surface area contributed by atoms with Crippen molar-refractivity contribution in [3.8, 4) is 5.75 Å². The van der Waals surface area contributed by atoms with E-state index < -0.39 is 0 Å². The van der Waals surface area contributed by atoms with Gasteiger partial charge in [0, 0.05) is 43.1 Å². The van der Waals surface area contributed by atoms with Crippen LogP contribution in [0.1, 0.15) is 31.9 Å². The number of phenolic OH excluding ortho intramolecular Hbond substituents is 1. The summed E-state index contributed by atoms with van der Waals surface area (Å²) < 4.78 is 0. The van der Waals surface area contributed by atoms with Gasteiger partial charge in [0.15, 0.2) is 0 Å². The van der Waals surface area contributed by atoms with Gasteiger partial charge in [-0.05, 0) is 26.3 Å². The maximum atomic E-state index is 9.94. The van der Waals surface area contributed by atoms with Gasteiger partial charge in [-0.25, -0.2) is 0 Å². The Bertz CT molecular complexity index is 357. The average Bonchev–Trinajstić information content (AvgIpc) is 2.31. The van der Waals surface area contributed by atoms with Gasteiger partial charge >= 0.3 is 0 Å². The third-order valence-corrected chi connectivity index (χ3v) is 2.98. The van der Waals surface area contributed by atoms with E-state index in [0.717, 1.165) is 18.8 Å². The minimum absolute atomic E-state index is 0. The summed E-state index contributed by atoms with van der Waals surface area (Å²) in [7, 11) is 0. The normalized spacial score (nSPS) is 11.8. The molecule has 0 aromatic heterocycles. The van der Waals surface area contributed by atoms with Gasteiger partial charge in [-0.1, -0.05) is 6.07 Å². The zero-order valence-electron chi connectivity index (χ0n) is 11.0. The van der Waals surface area contributed by atoms with Gasteiger partial charge in [0.2, 0.25) is 0 Å². The van der Waals surface area contributed by atoms with Crippen LogP contribution < -0.4 is 10.6 Å². The third-order valence-electron chi connectivity index (χ3n) is 2.98. The lowest BCUT2D eigenvalue weighted by Crippen LogP contribution is -2.22. The maximum absolute atomic E-state index is 9.94. The van der Waals surface area contributed by atoms with E-state index in [1.165, 1.54) is 0 Å². The molecule has 4 nitrogen and oxygen atoms in total. The molecule has 104 valence electrons. The van der Waals surface area contributed by atoms with Gasteiger partial charge in [0.05, 0.1) is 0 Å². The van der Waals surface area contributed by atoms with Crippen LogP contribution in [0.4, 0.5) is 5.69 Å². The number of aliphatic hydroxyl groups is 1. The molecule has 0 aliphatic rings. The molecule has 1 aromatic carbocycles. The van der Waals surface area contributed by atoms with E-state index in [1.807, 2.05) is 12.1 Å². The molecule has 0 saturated carbocycles. The number of nitrogens with two attached hydrogens (primary N) is 1. The number of halogens is 1. The van der Waals surface area contributed by atoms with Crippen LogP contribution in [-0.4, -0.2) is 29.9 Å². The van der Waals surface area contributed by atoms with Crippen LogP contribution in [0.5, 0.6) is 5.75 Å². The van der Waals surface area contributed by atoms with E-state index in [4.69, 9.17) is 10.8 Å². The van der Waals surface area contributed by atoms with E-state index >= 15 is 0 Å². The standard InChI is InChI=1S/C13H22N2O2.ClH/c1-3-15(4-2)10-5-6-11(13(17)9-10)12(14)7-8-16;/h5-6,9,12,16-17H,3-4,7-8,14H2,1-2H3;1H/t12-;/m1./s1. The van der Waals surface area contributed by atoms with E-state index in [-0.39, 0.29) is 30.8 Å². The summed E-state index contributed by atoms with van der Waals surface area (Å²) in [6.45, 7) is 5.98. The van der Waals surface area contributed by atoms with Gasteiger partial charge in [-0.15, -0.1) is 12.4 Å². The van der Waals surface area contributed by atoms with E-state index in [9.17, 15) is 5.11 Å². The molecule has 0 saturated heterocycles. The number of phenols is 1. The Morgan fingerprint density at radius 1 is 1.28 bits per heavy atom. The fourth-order valence-electron chi connectivity index (χ4n) is 1.93. The van der Waals surface area contributed by atoms with Crippen LogP contribution in [-0.2, 0) is 0 Å². The highest BCUT2D eigenvalue weighted by molar-refractivity contribution is 5.85. The zero-order valence-corrected chi connectivity index (χ0v) is 11.8. The molecule has 1 rings (SSSR count). The van der Waals surface area contributed by atoms with E-state index in [2.05, 4.69) is 18.7 Å². The molecule has 0 aliphatic carbocycles. The van der Waals surface area contributed by atoms with Crippen LogP contribution in [0, 0.1) is 0 Å². The van der Waals surface area contributed by atoms with Crippen molar-refractivity contribution in [2.75, 3.05) is 24.6 Å². The van der Waals surface area contributed by atoms with Gasteiger partial charge in [-0.3, -0.25) is 0 Å². The molecule has 0 bridgehead atoms. The third kappa shape index (κ3) is 4.05. The number of rotatable bonds is 6. The predicted molar refractivity (Wildman–Crippen MR) is 77.5 cm³/mol. The molecule has 0 unspecified atom stereocenters. The Kier molecular flexibility index (Phi) is 7.75. The van der Waals surface area contributed by atoms with Crippen LogP contribution >= 0.6 is 12.4 Å². The highest BCUT2D eigenvalue weighted by Crippen LogP contribution is 2.29. The largest absolute Gasteiger partial charge is 0.508 e. The second kappa shape index (κ2) is 8.19. The van der Waals surface area contributed by atoms with Crippen LogP contribution in [0.25, 0.3) is 0 Å². The van der Waals surface area contributed by atoms with Gasteiger partial charge in [-0.2, -0.15) is 0 Å². The molecule has 5 heteroatoms. The SMILES string of the molecule is CCN(CC)c1ccc([C@H](N)CCO)c(O)c1.Cl. The highest BCUT2D eigenvalue weighted by Gasteiger charge is 2.12. The van der Waals surface area contributed by atoms with E-state index in [0.29, 0.717) is 12.0 Å². The van der Waals surface area contributed by atoms with Gasteiger partial charge in [0.25, 0.3) is 0 Å². The second-order valence-corrected chi connectivity index (χ2v) is 4.03. The molecule has 0 fully saturated rings. The number of aromatic hydroxyl groups is 1. The molecule has 18 heavy (non-hydrogen) atoms. The minimum atomic E-state index is -0.314. The Labute approximate surface area is 115 Å². The fourth-order valence-corrected chi connectivity index (χ4v) is 1.93. The molecule has 1 aromatic rings. The summed E-state index contributed by atoms with van der Waals surface area (Å²) in [5, 5.41) is 18.8. The van der Waals surface area contributed by atoms with E-state index in [1.54, 1.807) is 6.07 Å². The summed E-state index contributed by atoms with van der Waals surface area (Å²) in [6, 6.07) is 5.22. The van der Waals surface area contributed by atoms with Crippen molar-refractivity contribution in [1.82, 2.24) is 0 Å². The first-order valence-electron chi connectivity index (χ1n) is 6.08. The summed E-state index contributed by atoms with van der Waals surface area (Å²) in [5.41, 5.74) is 7.55. The molecule has 0 radical (unpaired) electrons. The molecule has 0 aliphatic heterocycles. The van der Waals surface area contributed by atoms with Crippen molar-refractivity contribution in [3.63, 3.8) is 0 Å². The predicted octanol–water partition coefficient (Wildman–Crippen LogP) is 2.04. The number of hydrogen-bond donors (Lipinski definition) is 3. The monoisotopic (exact) mass is 274 g/mol. The Hall–Kier alpha value is -0.970. The zero-order chi connectivity index (χ0) is 12.8. The fraction of sp³-hybridized carbons (Fsp3) is 0.538. The molecule has 0 spiro atoms. The summed E-state index contributed by atoms with van der Waals surface area (Å²) in [5.74, 6) is 0.204. The first kappa shape index (κ1) is 17.0. The Morgan fingerprint density at radius 3 is 2.33 bits per heavy atom. The van der Waals surface area contributed by atoms with Crippen LogP contribution in [0.15, 0.2) is 18.2 Å². The quantitative estimate of drug-likeness (QED) is 0.743. The summed E-state index contributed by atoms with van der Waals surface area (Å²) in [4.78, 5) is 2.15. The summed E-state index contributed by atoms with van der Waals surface area (Å²) >= 11 is 0. The lowest BCUT2D eigenvalue weighted by Gasteiger charge is -2.22. The maximum Gasteiger partial charge on any atom is 0.122 e. The molecular formula is C13H23ClN2O2. The van der Waals surface area contributed by atoms with Crippen molar-refractivity contribution < 1.29 is 10.2 Å². The van der Waals surface area contributed by atoms with Crippen LogP contribution in [0.3, 0.4) is 0 Å². The van der Waals surface area contributed by atoms with Crippen molar-refractivity contribution in [3.05, 3.63) is 23.8 Å². The first-order valence-corrected chi connectivity index (χ1v) is 6.08. The van der Waals surface area contributed by atoms with Crippen molar-refractivity contribution in [2.24, 2.45) is 5.73 Å². The number of benzene rings is 1. The van der Waals surface area contributed by atoms with Gasteiger partial charge < -0.3 is 20.8 Å². The van der Waals surface area contributed by atoms with Crippen molar-refractivity contribution in [2.45, 2.75) is 26.3 Å². The number of nitrogens with zero attached hydrogens (tertiary/aromatic N) is 1. The molecule has 4 N–H and O–H groups in total. The molecule has 0 amide bonds. The van der Waals surface area contributed by atoms with Crippen molar-refractivity contribution in [1.29, 1.82) is 0 Å².